The molecule has 1 saturated heterocycles. The summed E-state index contributed by atoms with van der Waals surface area (Å²) in [5, 5.41) is 10.3. The lowest BCUT2D eigenvalue weighted by Crippen LogP contribution is -2.45. The van der Waals surface area contributed by atoms with E-state index in [0.29, 0.717) is 13.0 Å². The Hall–Kier alpha value is -1.63. The minimum atomic E-state index is -1.16. The van der Waals surface area contributed by atoms with Gasteiger partial charge in [0.15, 0.2) is 6.23 Å². The summed E-state index contributed by atoms with van der Waals surface area (Å²) in [4.78, 5) is 29.7. The Bertz CT molecular complexity index is 503. The Balaban J connectivity index is 2.75. The van der Waals surface area contributed by atoms with Crippen LogP contribution in [0, 0.1) is 5.41 Å². The summed E-state index contributed by atoms with van der Waals surface area (Å²) in [6, 6.07) is -0.483. The van der Waals surface area contributed by atoms with Crippen molar-refractivity contribution in [1.29, 1.82) is 0 Å². The molecule has 2 unspecified atom stereocenters. The van der Waals surface area contributed by atoms with Gasteiger partial charge in [0, 0.05) is 12.0 Å². The van der Waals surface area contributed by atoms with Crippen LogP contribution in [-0.2, 0) is 9.53 Å². The molecule has 1 aliphatic rings. The third kappa shape index (κ3) is 6.11. The minimum Gasteiger partial charge on any atom is -0.444 e. The highest BCUT2D eigenvalue weighted by Crippen LogP contribution is 2.24. The lowest BCUT2D eigenvalue weighted by Gasteiger charge is -2.29. The molecule has 0 bridgehead atoms. The van der Waals surface area contributed by atoms with Gasteiger partial charge in [-0.15, -0.1) is 0 Å². The predicted octanol–water partition coefficient (Wildman–Crippen LogP) is 2.07. The lowest BCUT2D eigenvalue weighted by molar-refractivity contribution is -0.125. The molecule has 0 aromatic carbocycles. The number of amides is 1. The number of rotatable bonds is 4. The van der Waals surface area contributed by atoms with E-state index in [0.717, 1.165) is 6.42 Å². The number of Topliss-reactive ketones (excluding diaryl/α,β-unsaturated/α-hetero) is 1. The van der Waals surface area contributed by atoms with Gasteiger partial charge in [0.05, 0.1) is 12.5 Å². The van der Waals surface area contributed by atoms with Crippen LogP contribution in [0.15, 0.2) is 4.99 Å². The van der Waals surface area contributed by atoms with Crippen LogP contribution in [0.25, 0.3) is 0 Å². The summed E-state index contributed by atoms with van der Waals surface area (Å²) in [7, 11) is 0. The third-order valence-corrected chi connectivity index (χ3v) is 3.75. The van der Waals surface area contributed by atoms with E-state index in [4.69, 9.17) is 10.5 Å². The molecule has 0 aliphatic carbocycles. The fourth-order valence-corrected chi connectivity index (χ4v) is 2.38. The molecule has 7 nitrogen and oxygen atoms in total. The van der Waals surface area contributed by atoms with Crippen molar-refractivity contribution in [3.8, 4) is 0 Å². The summed E-state index contributed by atoms with van der Waals surface area (Å²) in [6.45, 7) is 11.3. The summed E-state index contributed by atoms with van der Waals surface area (Å²) < 4.78 is 5.36. The van der Waals surface area contributed by atoms with Crippen LogP contribution >= 0.6 is 0 Å². The molecule has 0 aromatic rings. The molecule has 3 N–H and O–H groups in total. The van der Waals surface area contributed by atoms with Crippen LogP contribution in [0.4, 0.5) is 4.79 Å². The normalized spacial score (nSPS) is 20.9. The first-order valence-electron chi connectivity index (χ1n) is 8.34. The number of ether oxygens (including phenoxy) is 1. The number of nitrogens with zero attached hydrogens (tertiary/aromatic N) is 2. The van der Waals surface area contributed by atoms with Crippen molar-refractivity contribution < 1.29 is 19.4 Å². The zero-order valence-corrected chi connectivity index (χ0v) is 15.6. The Kier molecular flexibility index (Phi) is 6.38. The van der Waals surface area contributed by atoms with Crippen LogP contribution < -0.4 is 5.73 Å². The minimum absolute atomic E-state index is 0.0142. The first kappa shape index (κ1) is 20.4. The second-order valence-corrected chi connectivity index (χ2v) is 8.27. The van der Waals surface area contributed by atoms with E-state index in [1.54, 1.807) is 41.5 Å². The average molecular weight is 341 g/mol. The number of ketones is 1. The van der Waals surface area contributed by atoms with E-state index in [9.17, 15) is 14.7 Å². The first-order valence-corrected chi connectivity index (χ1v) is 8.34. The SMILES string of the molecule is CC(C)(C)OC(=O)N1CCCC1C(O)N=C(N)CC(=O)C(C)(C)C. The topological polar surface area (TPSA) is 105 Å². The van der Waals surface area contributed by atoms with Gasteiger partial charge in [-0.1, -0.05) is 20.8 Å². The summed E-state index contributed by atoms with van der Waals surface area (Å²) in [6.07, 6.45) is -0.266. The molecular weight excluding hydrogens is 310 g/mol. The van der Waals surface area contributed by atoms with Gasteiger partial charge in [-0.25, -0.2) is 9.79 Å². The smallest absolute Gasteiger partial charge is 0.410 e. The lowest BCUT2D eigenvalue weighted by atomic mass is 9.89. The van der Waals surface area contributed by atoms with Crippen LogP contribution in [0.1, 0.15) is 60.8 Å². The molecule has 1 rings (SSSR count). The maximum Gasteiger partial charge on any atom is 0.410 e. The van der Waals surface area contributed by atoms with Gasteiger partial charge >= 0.3 is 6.09 Å². The number of nitrogens with two attached hydrogens (primary N) is 1. The molecule has 0 aromatic heterocycles. The number of carbonyl (C=O) groups is 2. The van der Waals surface area contributed by atoms with Crippen molar-refractivity contribution in [3.63, 3.8) is 0 Å². The van der Waals surface area contributed by atoms with Crippen LogP contribution in [0.2, 0.25) is 0 Å². The van der Waals surface area contributed by atoms with Crippen molar-refractivity contribution >= 4 is 17.7 Å². The molecule has 7 heteroatoms. The fraction of sp³-hybridized carbons (Fsp3) is 0.824. The number of hydrogen-bond acceptors (Lipinski definition) is 5. The highest BCUT2D eigenvalue weighted by Gasteiger charge is 2.36. The number of hydrogen-bond donors (Lipinski definition) is 2. The molecule has 138 valence electrons. The molecule has 1 amide bonds. The Labute approximate surface area is 144 Å². The fourth-order valence-electron chi connectivity index (χ4n) is 2.38. The second-order valence-electron chi connectivity index (χ2n) is 8.27. The zero-order chi connectivity index (χ0) is 18.7. The quantitative estimate of drug-likeness (QED) is 0.601. The summed E-state index contributed by atoms with van der Waals surface area (Å²) >= 11 is 0. The average Bonchev–Trinajstić information content (AvgIpc) is 2.84. The molecule has 1 fully saturated rings. The van der Waals surface area contributed by atoms with Gasteiger partial charge in [0.2, 0.25) is 0 Å². The monoisotopic (exact) mass is 341 g/mol. The van der Waals surface area contributed by atoms with E-state index < -0.39 is 29.4 Å². The van der Waals surface area contributed by atoms with E-state index in [1.807, 2.05) is 0 Å². The number of likely N-dealkylation sites (tertiary alicyclic amines) is 1. The van der Waals surface area contributed by atoms with Crippen LogP contribution in [0.3, 0.4) is 0 Å². The van der Waals surface area contributed by atoms with E-state index in [-0.39, 0.29) is 18.0 Å². The van der Waals surface area contributed by atoms with Crippen molar-refractivity contribution in [2.24, 2.45) is 16.1 Å². The Morgan fingerprint density at radius 2 is 1.88 bits per heavy atom. The van der Waals surface area contributed by atoms with Gasteiger partial charge in [-0.3, -0.25) is 4.79 Å². The van der Waals surface area contributed by atoms with Crippen molar-refractivity contribution in [3.05, 3.63) is 0 Å². The number of carbonyl (C=O) groups excluding carboxylic acids is 2. The Morgan fingerprint density at radius 1 is 1.29 bits per heavy atom. The van der Waals surface area contributed by atoms with Gasteiger partial charge in [0.1, 0.15) is 17.2 Å². The van der Waals surface area contributed by atoms with Gasteiger partial charge in [-0.2, -0.15) is 0 Å². The largest absolute Gasteiger partial charge is 0.444 e. The number of aliphatic hydroxyl groups excluding tert-OH is 1. The molecule has 0 saturated carbocycles. The summed E-state index contributed by atoms with van der Waals surface area (Å²) in [5.74, 6) is 0.0323. The molecule has 0 spiro atoms. The number of aliphatic hydroxyl groups is 1. The molecule has 1 heterocycles. The van der Waals surface area contributed by atoms with E-state index in [1.165, 1.54) is 4.90 Å². The van der Waals surface area contributed by atoms with Gasteiger partial charge < -0.3 is 20.5 Å². The van der Waals surface area contributed by atoms with Gasteiger partial charge in [-0.05, 0) is 33.6 Å². The van der Waals surface area contributed by atoms with Crippen LogP contribution in [-0.4, -0.2) is 52.1 Å². The molecule has 0 radical (unpaired) electrons. The standard InChI is InChI=1S/C17H31N3O4/c1-16(2,3)12(21)10-13(18)19-14(22)11-8-7-9-20(11)15(23)24-17(4,5)6/h11,14,22H,7-10H2,1-6H3,(H2,18,19). The number of amidine groups is 1. The first-order chi connectivity index (χ1) is 10.8. The number of aliphatic imine (C=N–C) groups is 1. The molecule has 24 heavy (non-hydrogen) atoms. The van der Waals surface area contributed by atoms with Crippen molar-refractivity contribution in [1.82, 2.24) is 4.90 Å². The maximum atomic E-state index is 12.2. The van der Waals surface area contributed by atoms with Crippen LogP contribution in [0.5, 0.6) is 0 Å². The van der Waals surface area contributed by atoms with Crippen molar-refractivity contribution in [2.75, 3.05) is 6.54 Å². The summed E-state index contributed by atoms with van der Waals surface area (Å²) in [5.41, 5.74) is 4.68. The van der Waals surface area contributed by atoms with E-state index in [2.05, 4.69) is 4.99 Å². The maximum absolute atomic E-state index is 12.2. The molecular formula is C17H31N3O4. The zero-order valence-electron chi connectivity index (χ0n) is 15.6. The third-order valence-electron chi connectivity index (χ3n) is 3.75. The van der Waals surface area contributed by atoms with Crippen molar-refractivity contribution in [2.45, 2.75) is 78.7 Å². The highest BCUT2D eigenvalue weighted by molar-refractivity contribution is 6.02. The predicted molar refractivity (Wildman–Crippen MR) is 92.7 cm³/mol. The molecule has 1 aliphatic heterocycles. The van der Waals surface area contributed by atoms with E-state index >= 15 is 0 Å². The van der Waals surface area contributed by atoms with Gasteiger partial charge in [0.25, 0.3) is 0 Å². The Morgan fingerprint density at radius 3 is 2.38 bits per heavy atom. The highest BCUT2D eigenvalue weighted by atomic mass is 16.6. The second kappa shape index (κ2) is 7.51. The molecule has 2 atom stereocenters.